The smallest absolute Gasteiger partial charge is 0.254 e. The highest BCUT2D eigenvalue weighted by Crippen LogP contribution is 2.33. The molecule has 0 spiro atoms. The first-order valence-corrected chi connectivity index (χ1v) is 9.66. The maximum Gasteiger partial charge on any atom is 0.254 e. The molecular formula is C18H19FN6OS. The first-order chi connectivity index (χ1) is 13.1. The zero-order chi connectivity index (χ0) is 19.0. The Morgan fingerprint density at radius 2 is 2.04 bits per heavy atom. The van der Waals surface area contributed by atoms with E-state index in [1.807, 2.05) is 16.4 Å². The average Bonchev–Trinajstić information content (AvgIpc) is 3.28. The molecule has 140 valence electrons. The number of aromatic nitrogens is 5. The molecule has 2 aromatic heterocycles. The number of benzene rings is 1. The van der Waals surface area contributed by atoms with E-state index in [1.165, 1.54) is 35.8 Å². The minimum absolute atomic E-state index is 0.115. The van der Waals surface area contributed by atoms with E-state index in [2.05, 4.69) is 26.5 Å². The lowest BCUT2D eigenvalue weighted by Crippen LogP contribution is -2.42. The maximum absolute atomic E-state index is 13.2. The van der Waals surface area contributed by atoms with Crippen LogP contribution in [0.1, 0.15) is 47.8 Å². The third-order valence-electron chi connectivity index (χ3n) is 4.65. The first-order valence-electron chi connectivity index (χ1n) is 8.88. The van der Waals surface area contributed by atoms with Crippen LogP contribution in [0.25, 0.3) is 10.8 Å². The number of amides is 1. The molecule has 4 rings (SSSR count). The lowest BCUT2D eigenvalue weighted by atomic mass is 10.0. The number of fused-ring (bicyclic) bond motifs is 1. The molecule has 1 aliphatic rings. The van der Waals surface area contributed by atoms with Crippen LogP contribution in [-0.2, 0) is 6.54 Å². The van der Waals surface area contributed by atoms with Gasteiger partial charge in [-0.05, 0) is 49.1 Å². The van der Waals surface area contributed by atoms with Crippen LogP contribution in [0.3, 0.4) is 0 Å². The van der Waals surface area contributed by atoms with Gasteiger partial charge in [0.25, 0.3) is 5.91 Å². The van der Waals surface area contributed by atoms with Gasteiger partial charge in [-0.3, -0.25) is 4.79 Å². The van der Waals surface area contributed by atoms with Crippen molar-refractivity contribution in [1.29, 1.82) is 0 Å². The highest BCUT2D eigenvalue weighted by molar-refractivity contribution is 7.09. The largest absolute Gasteiger partial charge is 0.327 e. The molecule has 0 N–H and O–H groups in total. The van der Waals surface area contributed by atoms with Crippen molar-refractivity contribution >= 4 is 17.4 Å². The van der Waals surface area contributed by atoms with Gasteiger partial charge in [-0.25, -0.2) is 9.37 Å². The van der Waals surface area contributed by atoms with Gasteiger partial charge in [0.1, 0.15) is 11.6 Å². The zero-order valence-corrected chi connectivity index (χ0v) is 15.9. The number of hydrogen-bond donors (Lipinski definition) is 0. The Balaban J connectivity index is 1.68. The lowest BCUT2D eigenvalue weighted by molar-refractivity contribution is 0.0604. The van der Waals surface area contributed by atoms with E-state index in [-0.39, 0.29) is 17.8 Å². The fraction of sp³-hybridized carbons (Fsp3) is 0.389. The summed E-state index contributed by atoms with van der Waals surface area (Å²) in [5.41, 5.74) is 0.477. The molecule has 9 heteroatoms. The number of aryl methyl sites for hydroxylation is 1. The molecule has 0 radical (unpaired) electrons. The van der Waals surface area contributed by atoms with E-state index in [0.717, 1.165) is 23.7 Å². The molecule has 3 aromatic rings. The summed E-state index contributed by atoms with van der Waals surface area (Å²) in [6.07, 6.45) is 1.68. The molecule has 0 aliphatic carbocycles. The summed E-state index contributed by atoms with van der Waals surface area (Å²) in [5, 5.41) is 9.44. The summed E-state index contributed by atoms with van der Waals surface area (Å²) >= 11 is 1.30. The van der Waals surface area contributed by atoms with Gasteiger partial charge in [-0.2, -0.15) is 4.37 Å². The fourth-order valence-corrected chi connectivity index (χ4v) is 4.06. The van der Waals surface area contributed by atoms with Gasteiger partial charge < -0.3 is 9.47 Å². The molecule has 0 saturated carbocycles. The highest BCUT2D eigenvalue weighted by atomic mass is 32.1. The maximum atomic E-state index is 13.2. The molecule has 3 heterocycles. The van der Waals surface area contributed by atoms with E-state index >= 15 is 0 Å². The Labute approximate surface area is 160 Å². The second kappa shape index (κ2) is 7.15. The molecule has 1 aliphatic heterocycles. The summed E-state index contributed by atoms with van der Waals surface area (Å²) in [6, 6.07) is 5.50. The van der Waals surface area contributed by atoms with Crippen molar-refractivity contribution in [2.24, 2.45) is 0 Å². The van der Waals surface area contributed by atoms with Crippen LogP contribution in [0.5, 0.6) is 0 Å². The van der Waals surface area contributed by atoms with Crippen LogP contribution in [0, 0.1) is 12.7 Å². The minimum Gasteiger partial charge on any atom is -0.327 e. The molecule has 1 aromatic carbocycles. The number of carbonyl (C=O) groups is 1. The molecule has 1 atom stereocenters. The van der Waals surface area contributed by atoms with Crippen molar-refractivity contribution in [3.8, 4) is 10.8 Å². The Morgan fingerprint density at radius 1 is 1.26 bits per heavy atom. The van der Waals surface area contributed by atoms with Crippen molar-refractivity contribution in [3.05, 3.63) is 47.3 Å². The normalized spacial score (nSPS) is 16.4. The van der Waals surface area contributed by atoms with E-state index in [4.69, 9.17) is 0 Å². The van der Waals surface area contributed by atoms with Crippen LogP contribution in [0.2, 0.25) is 0 Å². The van der Waals surface area contributed by atoms with Gasteiger partial charge in [0, 0.05) is 18.7 Å². The minimum atomic E-state index is -0.355. The van der Waals surface area contributed by atoms with E-state index in [9.17, 15) is 9.18 Å². The summed E-state index contributed by atoms with van der Waals surface area (Å²) in [5.74, 6) is 1.71. The van der Waals surface area contributed by atoms with Gasteiger partial charge in [-0.15, -0.1) is 10.2 Å². The molecule has 27 heavy (non-hydrogen) atoms. The van der Waals surface area contributed by atoms with Crippen LogP contribution >= 0.6 is 11.5 Å². The number of rotatable bonds is 4. The topological polar surface area (TPSA) is 76.8 Å². The number of halogens is 1. The first kappa shape index (κ1) is 17.7. The van der Waals surface area contributed by atoms with Crippen molar-refractivity contribution in [2.45, 2.75) is 39.3 Å². The predicted molar refractivity (Wildman–Crippen MR) is 98.7 cm³/mol. The highest BCUT2D eigenvalue weighted by Gasteiger charge is 2.34. The molecule has 1 amide bonds. The zero-order valence-electron chi connectivity index (χ0n) is 15.1. The summed E-state index contributed by atoms with van der Waals surface area (Å²) in [4.78, 5) is 19.2. The molecule has 0 saturated heterocycles. The molecule has 1 unspecified atom stereocenters. The van der Waals surface area contributed by atoms with Gasteiger partial charge in [0.2, 0.25) is 0 Å². The van der Waals surface area contributed by atoms with Crippen molar-refractivity contribution < 1.29 is 9.18 Å². The van der Waals surface area contributed by atoms with Crippen LogP contribution in [-0.4, -0.2) is 41.5 Å². The lowest BCUT2D eigenvalue weighted by Gasteiger charge is -2.35. The second-order valence-electron chi connectivity index (χ2n) is 6.49. The third-order valence-corrected chi connectivity index (χ3v) is 5.45. The summed E-state index contributed by atoms with van der Waals surface area (Å²) in [7, 11) is 0. The van der Waals surface area contributed by atoms with Crippen molar-refractivity contribution in [1.82, 2.24) is 29.0 Å². The van der Waals surface area contributed by atoms with Gasteiger partial charge in [-0.1, -0.05) is 13.3 Å². The second-order valence-corrected chi connectivity index (χ2v) is 7.24. The van der Waals surface area contributed by atoms with Crippen LogP contribution < -0.4 is 0 Å². The Kier molecular flexibility index (Phi) is 4.69. The van der Waals surface area contributed by atoms with Gasteiger partial charge in [0.05, 0.1) is 6.04 Å². The SMILES string of the molecule is CCCC1c2nnc(-c3nc(C)ns3)n2CCN1C(=O)c1ccc(F)cc1. The van der Waals surface area contributed by atoms with Crippen LogP contribution in [0.15, 0.2) is 24.3 Å². The Bertz CT molecular complexity index is 967. The predicted octanol–water partition coefficient (Wildman–Crippen LogP) is 3.24. The van der Waals surface area contributed by atoms with Crippen molar-refractivity contribution in [3.63, 3.8) is 0 Å². The molecule has 0 bridgehead atoms. The van der Waals surface area contributed by atoms with Gasteiger partial charge in [0.15, 0.2) is 16.7 Å². The monoisotopic (exact) mass is 386 g/mol. The Morgan fingerprint density at radius 3 is 2.70 bits per heavy atom. The number of hydrogen-bond acceptors (Lipinski definition) is 6. The van der Waals surface area contributed by atoms with Crippen molar-refractivity contribution in [2.75, 3.05) is 6.54 Å². The Hall–Kier alpha value is -2.68. The van der Waals surface area contributed by atoms with Gasteiger partial charge >= 0.3 is 0 Å². The molecule has 0 fully saturated rings. The molecule has 7 nitrogen and oxygen atoms in total. The third kappa shape index (κ3) is 3.23. The molecular weight excluding hydrogens is 367 g/mol. The van der Waals surface area contributed by atoms with E-state index in [1.54, 1.807) is 0 Å². The summed E-state index contributed by atoms with van der Waals surface area (Å²) < 4.78 is 19.5. The van der Waals surface area contributed by atoms with E-state index in [0.29, 0.717) is 30.3 Å². The van der Waals surface area contributed by atoms with Crippen LogP contribution in [0.4, 0.5) is 4.39 Å². The van der Waals surface area contributed by atoms with E-state index < -0.39 is 0 Å². The summed E-state index contributed by atoms with van der Waals surface area (Å²) in [6.45, 7) is 5.04. The fourth-order valence-electron chi connectivity index (χ4n) is 3.39. The quantitative estimate of drug-likeness (QED) is 0.688. The average molecular weight is 386 g/mol. The number of carbonyl (C=O) groups excluding carboxylic acids is 1. The number of nitrogens with zero attached hydrogens (tertiary/aromatic N) is 6. The standard InChI is InChI=1S/C18H19FN6OS/c1-3-4-14-15-21-22-16(17-20-11(2)23-27-17)25(15)10-9-24(14)18(26)12-5-7-13(19)8-6-12/h5-8,14H,3-4,9-10H2,1-2H3.